The van der Waals surface area contributed by atoms with Crippen molar-refractivity contribution in [2.24, 2.45) is 0 Å². The summed E-state index contributed by atoms with van der Waals surface area (Å²) in [6, 6.07) is 1.17. The second kappa shape index (κ2) is 7.60. The highest BCUT2D eigenvalue weighted by Gasteiger charge is 2.35. The Morgan fingerprint density at radius 3 is 2.31 bits per heavy atom. The van der Waals surface area contributed by atoms with Crippen molar-refractivity contribution in [2.45, 2.75) is 47.0 Å². The molecule has 0 fully saturated rings. The number of hydrogen-bond acceptors (Lipinski definition) is 5. The molecule has 138 valence electrons. The van der Waals surface area contributed by atoms with Crippen LogP contribution in [-0.4, -0.2) is 26.9 Å². The number of carbonyl (C=O) groups excluding carboxylic acids is 2. The summed E-state index contributed by atoms with van der Waals surface area (Å²) in [6.07, 6.45) is 5.75. The van der Waals surface area contributed by atoms with Crippen LogP contribution in [-0.2, 0) is 0 Å². The van der Waals surface area contributed by atoms with E-state index in [4.69, 9.17) is 0 Å². The van der Waals surface area contributed by atoms with Gasteiger partial charge in [-0.3, -0.25) is 9.59 Å². The molecule has 3 N–H and O–H groups in total. The van der Waals surface area contributed by atoms with E-state index in [0.717, 1.165) is 18.4 Å². The molecule has 1 aromatic rings. The number of ketones is 2. The number of rotatable bonds is 5. The van der Waals surface area contributed by atoms with Gasteiger partial charge in [-0.25, -0.2) is 0 Å². The normalized spacial score (nSPS) is 14.5. The van der Waals surface area contributed by atoms with E-state index in [-0.39, 0.29) is 34.4 Å². The monoisotopic (exact) mass is 356 g/mol. The molecular formula is C21H24O5. The van der Waals surface area contributed by atoms with Gasteiger partial charge in [-0.15, -0.1) is 0 Å². The van der Waals surface area contributed by atoms with Gasteiger partial charge < -0.3 is 15.3 Å². The molecule has 5 nitrogen and oxygen atoms in total. The Bertz CT molecular complexity index is 865. The van der Waals surface area contributed by atoms with E-state index in [9.17, 15) is 24.9 Å². The van der Waals surface area contributed by atoms with Gasteiger partial charge in [0, 0.05) is 16.7 Å². The number of benzene rings is 1. The molecule has 0 aliphatic heterocycles. The van der Waals surface area contributed by atoms with Crippen molar-refractivity contribution in [3.05, 3.63) is 57.4 Å². The molecule has 0 saturated heterocycles. The number of Topliss-reactive ketones (excluding diaryl/α,β-unsaturated/α-hetero) is 2. The van der Waals surface area contributed by atoms with Crippen LogP contribution in [0.4, 0.5) is 0 Å². The van der Waals surface area contributed by atoms with Crippen LogP contribution < -0.4 is 0 Å². The minimum Gasteiger partial charge on any atom is -0.508 e. The summed E-state index contributed by atoms with van der Waals surface area (Å²) in [6.45, 7) is 7.41. The molecule has 0 unspecified atom stereocenters. The third-order valence-corrected chi connectivity index (χ3v) is 4.52. The number of carbonyl (C=O) groups is 2. The number of allylic oxidation sites excluding steroid dienone is 6. The quantitative estimate of drug-likeness (QED) is 0.666. The summed E-state index contributed by atoms with van der Waals surface area (Å²) in [5.74, 6) is -2.74. The summed E-state index contributed by atoms with van der Waals surface area (Å²) in [5.41, 5.74) is 2.01. The number of fused-ring (bicyclic) bond motifs is 1. The Morgan fingerprint density at radius 1 is 1.04 bits per heavy atom. The Kier molecular flexibility index (Phi) is 5.70. The number of phenols is 2. The van der Waals surface area contributed by atoms with Crippen molar-refractivity contribution in [3.8, 4) is 11.5 Å². The smallest absolute Gasteiger partial charge is 0.232 e. The predicted molar refractivity (Wildman–Crippen MR) is 99.9 cm³/mol. The second-order valence-corrected chi connectivity index (χ2v) is 6.85. The zero-order valence-electron chi connectivity index (χ0n) is 15.5. The third kappa shape index (κ3) is 3.72. The number of aliphatic hydroxyl groups is 1. The molecule has 0 spiro atoms. The number of aromatic hydroxyl groups is 2. The number of aliphatic hydroxyl groups excluding tert-OH is 1. The maximum absolute atomic E-state index is 12.7. The zero-order valence-corrected chi connectivity index (χ0v) is 15.5. The molecule has 0 aromatic heterocycles. The van der Waals surface area contributed by atoms with Crippen LogP contribution in [0.1, 0.15) is 66.3 Å². The fourth-order valence-corrected chi connectivity index (χ4v) is 2.84. The van der Waals surface area contributed by atoms with Gasteiger partial charge in [0.25, 0.3) is 0 Å². The highest BCUT2D eigenvalue weighted by molar-refractivity contribution is 6.27. The molecule has 0 bridgehead atoms. The molecule has 0 amide bonds. The maximum Gasteiger partial charge on any atom is 0.232 e. The molecule has 0 radical (unpaired) electrons. The fraction of sp³-hybridized carbons (Fsp3) is 0.333. The number of phenolic OH excluding ortho intramolecular Hbond substituents is 2. The van der Waals surface area contributed by atoms with Crippen molar-refractivity contribution in [1.82, 2.24) is 0 Å². The van der Waals surface area contributed by atoms with Crippen molar-refractivity contribution < 1.29 is 24.9 Å². The third-order valence-electron chi connectivity index (χ3n) is 4.52. The van der Waals surface area contributed by atoms with E-state index in [1.807, 2.05) is 26.8 Å². The van der Waals surface area contributed by atoms with Gasteiger partial charge >= 0.3 is 0 Å². The first-order valence-electron chi connectivity index (χ1n) is 8.51. The molecule has 1 aliphatic rings. The van der Waals surface area contributed by atoms with Gasteiger partial charge in [0.1, 0.15) is 11.5 Å². The summed E-state index contributed by atoms with van der Waals surface area (Å²) in [4.78, 5) is 25.1. The van der Waals surface area contributed by atoms with E-state index in [0.29, 0.717) is 0 Å². The molecule has 26 heavy (non-hydrogen) atoms. The van der Waals surface area contributed by atoms with E-state index in [1.165, 1.54) is 18.6 Å². The Morgan fingerprint density at radius 2 is 1.69 bits per heavy atom. The van der Waals surface area contributed by atoms with Gasteiger partial charge in [-0.2, -0.15) is 0 Å². The minimum atomic E-state index is -0.800. The van der Waals surface area contributed by atoms with Gasteiger partial charge in [0.15, 0.2) is 11.5 Å². The summed E-state index contributed by atoms with van der Waals surface area (Å²) < 4.78 is 0. The van der Waals surface area contributed by atoms with Crippen molar-refractivity contribution in [3.63, 3.8) is 0 Å². The van der Waals surface area contributed by atoms with Crippen molar-refractivity contribution in [2.75, 3.05) is 0 Å². The SMILES string of the molecule is CC(C)=CCC/C(C)=C/CC1=C(O)C(=O)c2c(cc(O)c(C)c2O)C1=O. The molecule has 2 rings (SSSR count). The van der Waals surface area contributed by atoms with Crippen LogP contribution in [0.5, 0.6) is 11.5 Å². The second-order valence-electron chi connectivity index (χ2n) is 6.85. The predicted octanol–water partition coefficient (Wildman–Crippen LogP) is 4.68. The largest absolute Gasteiger partial charge is 0.508 e. The molecule has 1 aliphatic carbocycles. The Hall–Kier alpha value is -2.82. The maximum atomic E-state index is 12.7. The van der Waals surface area contributed by atoms with Crippen molar-refractivity contribution in [1.29, 1.82) is 0 Å². The van der Waals surface area contributed by atoms with E-state index < -0.39 is 23.1 Å². The van der Waals surface area contributed by atoms with Crippen LogP contribution in [0, 0.1) is 6.92 Å². The van der Waals surface area contributed by atoms with Crippen LogP contribution in [0.3, 0.4) is 0 Å². The van der Waals surface area contributed by atoms with Gasteiger partial charge in [-0.05, 0) is 53.0 Å². The highest BCUT2D eigenvalue weighted by atomic mass is 16.3. The van der Waals surface area contributed by atoms with Gasteiger partial charge in [0.05, 0.1) is 5.56 Å². The van der Waals surface area contributed by atoms with Crippen LogP contribution >= 0.6 is 0 Å². The topological polar surface area (TPSA) is 94.8 Å². The van der Waals surface area contributed by atoms with E-state index >= 15 is 0 Å². The summed E-state index contributed by atoms with van der Waals surface area (Å²) >= 11 is 0. The van der Waals surface area contributed by atoms with Crippen molar-refractivity contribution >= 4 is 11.6 Å². The lowest BCUT2D eigenvalue weighted by molar-refractivity contribution is 0.0924. The molecule has 0 heterocycles. The zero-order chi connectivity index (χ0) is 19.6. The average molecular weight is 356 g/mol. The van der Waals surface area contributed by atoms with Gasteiger partial charge in [0.2, 0.25) is 5.78 Å². The minimum absolute atomic E-state index is 0.0216. The average Bonchev–Trinajstić information content (AvgIpc) is 2.57. The van der Waals surface area contributed by atoms with E-state index in [2.05, 4.69) is 6.08 Å². The lowest BCUT2D eigenvalue weighted by Crippen LogP contribution is -2.22. The molecular weight excluding hydrogens is 332 g/mol. The van der Waals surface area contributed by atoms with Gasteiger partial charge in [-0.1, -0.05) is 23.3 Å². The highest BCUT2D eigenvalue weighted by Crippen LogP contribution is 2.38. The Balaban J connectivity index is 2.32. The van der Waals surface area contributed by atoms with Crippen LogP contribution in [0.25, 0.3) is 0 Å². The fourth-order valence-electron chi connectivity index (χ4n) is 2.84. The van der Waals surface area contributed by atoms with Crippen LogP contribution in [0.15, 0.2) is 40.7 Å². The summed E-state index contributed by atoms with van der Waals surface area (Å²) in [5, 5.41) is 30.1. The first-order valence-corrected chi connectivity index (χ1v) is 8.51. The molecule has 0 saturated carbocycles. The lowest BCUT2D eigenvalue weighted by Gasteiger charge is -2.19. The van der Waals surface area contributed by atoms with Crippen LogP contribution in [0.2, 0.25) is 0 Å². The Labute approximate surface area is 153 Å². The summed E-state index contributed by atoms with van der Waals surface area (Å²) in [7, 11) is 0. The lowest BCUT2D eigenvalue weighted by atomic mass is 9.84. The standard InChI is InChI=1S/C21H24O5/c1-11(2)6-5-7-12(3)8-9-14-19(24)15-10-16(22)13(4)18(23)17(15)21(26)20(14)25/h6,8,10,22-23,25H,5,7,9H2,1-4H3/b12-8+. The van der Waals surface area contributed by atoms with E-state index in [1.54, 1.807) is 0 Å². The molecule has 0 atom stereocenters. The number of hydrogen-bond donors (Lipinski definition) is 3. The first kappa shape index (κ1) is 19.5. The molecule has 5 heteroatoms. The first-order chi connectivity index (χ1) is 12.1. The molecule has 1 aromatic carbocycles.